The molecule has 1 amide bonds. The molecule has 0 atom stereocenters. The molecule has 1 fully saturated rings. The van der Waals surface area contributed by atoms with Crippen molar-refractivity contribution in [1.82, 2.24) is 9.62 Å². The summed E-state index contributed by atoms with van der Waals surface area (Å²) < 4.78 is 41.8. The lowest BCUT2D eigenvalue weighted by Crippen LogP contribution is -2.44. The maximum atomic E-state index is 14.3. The number of amides is 1. The molecule has 0 radical (unpaired) electrons. The average molecular weight is 473 g/mol. The molecule has 9 heteroatoms. The number of hydrogen-bond donors (Lipinski definition) is 1. The summed E-state index contributed by atoms with van der Waals surface area (Å²) in [5.74, 6) is -1.06. The van der Waals surface area contributed by atoms with Gasteiger partial charge in [0.05, 0.1) is 11.4 Å². The summed E-state index contributed by atoms with van der Waals surface area (Å²) in [5, 5.41) is 3.38. The van der Waals surface area contributed by atoms with Gasteiger partial charge in [0.2, 0.25) is 15.9 Å². The largest absolute Gasteiger partial charge is 0.352 e. The van der Waals surface area contributed by atoms with E-state index in [9.17, 15) is 17.6 Å². The molecule has 0 spiro atoms. The SMILES string of the molecule is O=C(CN(Cc1c(F)cccc1Cl)S(=O)(=O)c1ccc(Cl)cc1)NC1CCCCC1. The zero-order chi connectivity index (χ0) is 21.7. The third-order valence-electron chi connectivity index (χ3n) is 5.14. The number of hydrogen-bond acceptors (Lipinski definition) is 3. The van der Waals surface area contributed by atoms with Crippen molar-refractivity contribution in [2.75, 3.05) is 6.54 Å². The van der Waals surface area contributed by atoms with E-state index in [-0.39, 0.29) is 28.1 Å². The maximum absolute atomic E-state index is 14.3. The Labute approximate surface area is 186 Å². The lowest BCUT2D eigenvalue weighted by Gasteiger charge is -2.26. The standard InChI is InChI=1S/C21H23Cl2FN2O3S/c22-15-9-11-17(12-10-15)30(28,29)26(13-18-19(23)7-4-8-20(18)24)14-21(27)25-16-5-2-1-3-6-16/h4,7-12,16H,1-3,5-6,13-14H2,(H,25,27). The van der Waals surface area contributed by atoms with E-state index in [1.807, 2.05) is 0 Å². The second-order valence-electron chi connectivity index (χ2n) is 7.33. The van der Waals surface area contributed by atoms with Crippen molar-refractivity contribution in [3.8, 4) is 0 Å². The summed E-state index contributed by atoms with van der Waals surface area (Å²) in [5.41, 5.74) is 0.0159. The first-order chi connectivity index (χ1) is 14.3. The van der Waals surface area contributed by atoms with Crippen LogP contribution in [0, 0.1) is 5.82 Å². The van der Waals surface area contributed by atoms with Gasteiger partial charge in [0.25, 0.3) is 0 Å². The van der Waals surface area contributed by atoms with Crippen LogP contribution in [0.25, 0.3) is 0 Å². The smallest absolute Gasteiger partial charge is 0.243 e. The second-order valence-corrected chi connectivity index (χ2v) is 10.1. The van der Waals surface area contributed by atoms with Crippen LogP contribution in [0.2, 0.25) is 10.0 Å². The summed E-state index contributed by atoms with van der Waals surface area (Å²) >= 11 is 12.0. The normalized spacial score (nSPS) is 15.3. The van der Waals surface area contributed by atoms with Crippen molar-refractivity contribution in [1.29, 1.82) is 0 Å². The van der Waals surface area contributed by atoms with Gasteiger partial charge in [-0.2, -0.15) is 4.31 Å². The Morgan fingerprint density at radius 3 is 2.37 bits per heavy atom. The number of sulfonamides is 1. The zero-order valence-electron chi connectivity index (χ0n) is 16.3. The van der Waals surface area contributed by atoms with Crippen LogP contribution in [-0.2, 0) is 21.4 Å². The van der Waals surface area contributed by atoms with Crippen molar-refractivity contribution in [2.24, 2.45) is 0 Å². The van der Waals surface area contributed by atoms with E-state index in [1.54, 1.807) is 0 Å². The number of carbonyl (C=O) groups excluding carboxylic acids is 1. The predicted molar refractivity (Wildman–Crippen MR) is 115 cm³/mol. The number of halogens is 3. The van der Waals surface area contributed by atoms with E-state index in [1.165, 1.54) is 42.5 Å². The highest BCUT2D eigenvalue weighted by atomic mass is 35.5. The molecule has 0 unspecified atom stereocenters. The molecule has 0 saturated heterocycles. The van der Waals surface area contributed by atoms with Gasteiger partial charge in [0, 0.05) is 28.2 Å². The molecule has 0 bridgehead atoms. The van der Waals surface area contributed by atoms with E-state index in [2.05, 4.69) is 5.32 Å². The molecule has 2 aromatic carbocycles. The minimum atomic E-state index is -4.10. The molecule has 30 heavy (non-hydrogen) atoms. The highest BCUT2D eigenvalue weighted by Gasteiger charge is 2.29. The fraction of sp³-hybridized carbons (Fsp3) is 0.381. The van der Waals surface area contributed by atoms with Gasteiger partial charge in [-0.15, -0.1) is 0 Å². The maximum Gasteiger partial charge on any atom is 0.243 e. The van der Waals surface area contributed by atoms with Crippen LogP contribution in [0.1, 0.15) is 37.7 Å². The minimum Gasteiger partial charge on any atom is -0.352 e. The summed E-state index contributed by atoms with van der Waals surface area (Å²) in [6, 6.07) is 9.76. The van der Waals surface area contributed by atoms with E-state index in [0.717, 1.165) is 36.4 Å². The lowest BCUT2D eigenvalue weighted by molar-refractivity contribution is -0.122. The van der Waals surface area contributed by atoms with Crippen molar-refractivity contribution >= 4 is 39.1 Å². The minimum absolute atomic E-state index is 0.0159. The van der Waals surface area contributed by atoms with Crippen molar-refractivity contribution < 1.29 is 17.6 Å². The molecule has 5 nitrogen and oxygen atoms in total. The highest BCUT2D eigenvalue weighted by Crippen LogP contribution is 2.25. The number of rotatable bonds is 7. The lowest BCUT2D eigenvalue weighted by atomic mass is 9.95. The van der Waals surface area contributed by atoms with Gasteiger partial charge < -0.3 is 5.32 Å². The third kappa shape index (κ3) is 5.72. The molecule has 0 aliphatic heterocycles. The molecule has 3 rings (SSSR count). The number of benzene rings is 2. The third-order valence-corrected chi connectivity index (χ3v) is 7.55. The van der Waals surface area contributed by atoms with Crippen molar-refractivity contribution in [3.05, 3.63) is 63.9 Å². The van der Waals surface area contributed by atoms with Gasteiger partial charge in [0.15, 0.2) is 0 Å². The average Bonchev–Trinajstić information content (AvgIpc) is 2.71. The van der Waals surface area contributed by atoms with E-state index >= 15 is 0 Å². The first-order valence-electron chi connectivity index (χ1n) is 9.75. The molecular weight excluding hydrogens is 450 g/mol. The molecule has 0 aromatic heterocycles. The predicted octanol–water partition coefficient (Wildman–Crippen LogP) is 4.77. The van der Waals surface area contributed by atoms with Crippen LogP contribution < -0.4 is 5.32 Å². The van der Waals surface area contributed by atoms with Gasteiger partial charge >= 0.3 is 0 Å². The Hall–Kier alpha value is -1.67. The van der Waals surface area contributed by atoms with Gasteiger partial charge in [-0.05, 0) is 49.2 Å². The number of nitrogens with one attached hydrogen (secondary N) is 1. The van der Waals surface area contributed by atoms with E-state index in [0.29, 0.717) is 5.02 Å². The van der Waals surface area contributed by atoms with Crippen LogP contribution in [-0.4, -0.2) is 31.2 Å². The zero-order valence-corrected chi connectivity index (χ0v) is 18.6. The van der Waals surface area contributed by atoms with Crippen LogP contribution in [0.3, 0.4) is 0 Å². The second kappa shape index (κ2) is 10.1. The Bertz CT molecular complexity index is 974. The molecule has 1 aliphatic carbocycles. The number of carbonyl (C=O) groups is 1. The molecule has 0 heterocycles. The number of nitrogens with zero attached hydrogens (tertiary/aromatic N) is 1. The summed E-state index contributed by atoms with van der Waals surface area (Å²) in [6.07, 6.45) is 4.93. The monoisotopic (exact) mass is 472 g/mol. The fourth-order valence-corrected chi connectivity index (χ4v) is 5.23. The highest BCUT2D eigenvalue weighted by molar-refractivity contribution is 7.89. The van der Waals surface area contributed by atoms with E-state index < -0.39 is 28.3 Å². The van der Waals surface area contributed by atoms with Crippen LogP contribution in [0.15, 0.2) is 47.4 Å². The summed E-state index contributed by atoms with van der Waals surface area (Å²) in [6.45, 7) is -0.805. The summed E-state index contributed by atoms with van der Waals surface area (Å²) in [7, 11) is -4.10. The van der Waals surface area contributed by atoms with Gasteiger partial charge in [0.1, 0.15) is 5.82 Å². The molecule has 1 saturated carbocycles. The van der Waals surface area contributed by atoms with Gasteiger partial charge in [-0.3, -0.25) is 4.79 Å². The Balaban J connectivity index is 1.87. The molecule has 1 aliphatic rings. The van der Waals surface area contributed by atoms with Crippen LogP contribution in [0.4, 0.5) is 4.39 Å². The van der Waals surface area contributed by atoms with Crippen LogP contribution >= 0.6 is 23.2 Å². The quantitative estimate of drug-likeness (QED) is 0.630. The molecule has 2 aromatic rings. The Morgan fingerprint density at radius 2 is 1.73 bits per heavy atom. The Morgan fingerprint density at radius 1 is 1.07 bits per heavy atom. The molecule has 162 valence electrons. The molecular formula is C21H23Cl2FN2O3S. The fourth-order valence-electron chi connectivity index (χ4n) is 3.52. The first-order valence-corrected chi connectivity index (χ1v) is 11.9. The first kappa shape index (κ1) is 23.0. The molecule has 1 N–H and O–H groups in total. The van der Waals surface area contributed by atoms with Crippen LogP contribution in [0.5, 0.6) is 0 Å². The van der Waals surface area contributed by atoms with E-state index in [4.69, 9.17) is 23.2 Å². The Kier molecular flexibility index (Phi) is 7.74. The van der Waals surface area contributed by atoms with Crippen molar-refractivity contribution in [2.45, 2.75) is 49.6 Å². The topological polar surface area (TPSA) is 66.5 Å². The summed E-state index contributed by atoms with van der Waals surface area (Å²) in [4.78, 5) is 12.6. The van der Waals surface area contributed by atoms with Gasteiger partial charge in [-0.25, -0.2) is 12.8 Å². The van der Waals surface area contributed by atoms with Crippen molar-refractivity contribution in [3.63, 3.8) is 0 Å². The van der Waals surface area contributed by atoms with Gasteiger partial charge in [-0.1, -0.05) is 48.5 Å².